The number of aliphatic hydroxyl groups excluding tert-OH is 1. The van der Waals surface area contributed by atoms with Crippen molar-refractivity contribution in [2.75, 3.05) is 6.61 Å². The Labute approximate surface area is 104 Å². The summed E-state index contributed by atoms with van der Waals surface area (Å²) in [6.07, 6.45) is 13.3. The van der Waals surface area contributed by atoms with Crippen molar-refractivity contribution in [1.82, 2.24) is 0 Å². The lowest BCUT2D eigenvalue weighted by Gasteiger charge is -2.36. The van der Waals surface area contributed by atoms with Gasteiger partial charge >= 0.3 is 0 Å². The van der Waals surface area contributed by atoms with Crippen molar-refractivity contribution in [2.24, 2.45) is 41.4 Å². The molecule has 1 N–H and O–H groups in total. The van der Waals surface area contributed by atoms with Gasteiger partial charge in [-0.3, -0.25) is 0 Å². The molecular weight excluding hydrogens is 208 g/mol. The average molecular weight is 232 g/mol. The van der Waals surface area contributed by atoms with Gasteiger partial charge in [0.2, 0.25) is 0 Å². The summed E-state index contributed by atoms with van der Waals surface area (Å²) in [7, 11) is 0. The summed E-state index contributed by atoms with van der Waals surface area (Å²) in [6, 6.07) is 0. The van der Waals surface area contributed by atoms with Crippen LogP contribution in [0.5, 0.6) is 0 Å². The van der Waals surface area contributed by atoms with Crippen LogP contribution in [0.3, 0.4) is 0 Å². The van der Waals surface area contributed by atoms with Crippen LogP contribution in [0, 0.1) is 41.4 Å². The Hall–Kier alpha value is -0.300. The van der Waals surface area contributed by atoms with Crippen LogP contribution in [0.25, 0.3) is 0 Å². The zero-order valence-electron chi connectivity index (χ0n) is 10.6. The molecule has 3 saturated carbocycles. The van der Waals surface area contributed by atoms with Crippen LogP contribution in [0.2, 0.25) is 0 Å². The first-order chi connectivity index (χ1) is 8.38. The molecule has 94 valence electrons. The highest BCUT2D eigenvalue weighted by Gasteiger charge is 2.60. The normalized spacial score (nSPS) is 53.6. The van der Waals surface area contributed by atoms with Gasteiger partial charge in [-0.15, -0.1) is 0 Å². The average Bonchev–Trinajstić information content (AvgIpc) is 3.07. The Morgan fingerprint density at radius 3 is 2.59 bits per heavy atom. The smallest absolute Gasteiger partial charge is 0.0431 e. The second-order valence-electron chi connectivity index (χ2n) is 6.98. The number of rotatable bonds is 4. The summed E-state index contributed by atoms with van der Waals surface area (Å²) in [5.74, 6) is 7.24. The lowest BCUT2D eigenvalue weighted by atomic mass is 9.68. The highest BCUT2D eigenvalue weighted by atomic mass is 16.2. The van der Waals surface area contributed by atoms with Gasteiger partial charge in [-0.05, 0) is 67.1 Å². The Morgan fingerprint density at radius 1 is 0.941 bits per heavy atom. The van der Waals surface area contributed by atoms with Crippen molar-refractivity contribution in [2.45, 2.75) is 38.5 Å². The molecule has 0 heterocycles. The van der Waals surface area contributed by atoms with E-state index in [-0.39, 0.29) is 0 Å². The van der Waals surface area contributed by atoms with Crippen molar-refractivity contribution in [1.29, 1.82) is 0 Å². The first-order valence-electron chi connectivity index (χ1n) is 7.67. The van der Waals surface area contributed by atoms with E-state index in [1.54, 1.807) is 6.42 Å². The molecule has 7 unspecified atom stereocenters. The maximum absolute atomic E-state index is 8.90. The lowest BCUT2D eigenvalue weighted by Crippen LogP contribution is -2.30. The number of fused-ring (bicyclic) bond motifs is 9. The fraction of sp³-hybridized carbons (Fsp3) is 0.875. The number of hydrogen-bond acceptors (Lipinski definition) is 1. The summed E-state index contributed by atoms with van der Waals surface area (Å²) in [4.78, 5) is 0. The van der Waals surface area contributed by atoms with Crippen LogP contribution in [0.15, 0.2) is 12.2 Å². The fourth-order valence-electron chi connectivity index (χ4n) is 6.00. The van der Waals surface area contributed by atoms with E-state index in [0.29, 0.717) is 6.61 Å². The Bertz CT molecular complexity index is 334. The topological polar surface area (TPSA) is 20.2 Å². The molecule has 0 aromatic heterocycles. The van der Waals surface area contributed by atoms with Crippen LogP contribution >= 0.6 is 0 Å². The number of aliphatic hydroxyl groups is 1. The maximum atomic E-state index is 8.90. The molecule has 4 aliphatic carbocycles. The molecule has 1 nitrogen and oxygen atoms in total. The van der Waals surface area contributed by atoms with Crippen LogP contribution in [-0.2, 0) is 0 Å². The van der Waals surface area contributed by atoms with Gasteiger partial charge in [0, 0.05) is 6.61 Å². The van der Waals surface area contributed by atoms with E-state index >= 15 is 0 Å². The van der Waals surface area contributed by atoms with Crippen LogP contribution in [0.4, 0.5) is 0 Å². The summed E-state index contributed by atoms with van der Waals surface area (Å²) >= 11 is 0. The van der Waals surface area contributed by atoms with Gasteiger partial charge in [0.05, 0.1) is 0 Å². The van der Waals surface area contributed by atoms with E-state index in [2.05, 4.69) is 12.2 Å². The Kier molecular flexibility index (Phi) is 2.40. The third-order valence-corrected chi connectivity index (χ3v) is 6.39. The van der Waals surface area contributed by atoms with E-state index in [1.165, 1.54) is 25.7 Å². The molecule has 4 aliphatic rings. The number of allylic oxidation sites excluding steroid dienone is 2. The third-order valence-electron chi connectivity index (χ3n) is 6.39. The van der Waals surface area contributed by atoms with E-state index in [4.69, 9.17) is 5.11 Å². The largest absolute Gasteiger partial charge is 0.396 e. The molecule has 1 heteroatoms. The minimum atomic E-state index is 0.389. The predicted octanol–water partition coefficient (Wildman–Crippen LogP) is 3.24. The molecule has 0 amide bonds. The second kappa shape index (κ2) is 3.85. The summed E-state index contributed by atoms with van der Waals surface area (Å²) in [5.41, 5.74) is 0. The van der Waals surface area contributed by atoms with Crippen molar-refractivity contribution in [3.05, 3.63) is 12.2 Å². The van der Waals surface area contributed by atoms with Gasteiger partial charge in [0.25, 0.3) is 0 Å². The molecular formula is C16H24O. The van der Waals surface area contributed by atoms with Crippen LogP contribution in [-0.4, -0.2) is 11.7 Å². The molecule has 3 fully saturated rings. The third kappa shape index (κ3) is 1.41. The van der Waals surface area contributed by atoms with Gasteiger partial charge in [0.15, 0.2) is 0 Å². The molecule has 0 saturated heterocycles. The zero-order valence-corrected chi connectivity index (χ0v) is 10.6. The number of unbranched alkanes of at least 4 members (excludes halogenated alkanes) is 1. The molecule has 7 atom stereocenters. The Balaban J connectivity index is 1.46. The minimum absolute atomic E-state index is 0.389. The van der Waals surface area contributed by atoms with Gasteiger partial charge in [0.1, 0.15) is 0 Å². The lowest BCUT2D eigenvalue weighted by molar-refractivity contribution is 0.140. The van der Waals surface area contributed by atoms with E-state index in [0.717, 1.165) is 47.8 Å². The zero-order chi connectivity index (χ0) is 11.4. The minimum Gasteiger partial charge on any atom is -0.396 e. The van der Waals surface area contributed by atoms with Gasteiger partial charge < -0.3 is 5.11 Å². The fourth-order valence-corrected chi connectivity index (χ4v) is 6.00. The maximum Gasteiger partial charge on any atom is 0.0431 e. The summed E-state index contributed by atoms with van der Waals surface area (Å²) < 4.78 is 0. The summed E-state index contributed by atoms with van der Waals surface area (Å²) in [5, 5.41) is 8.90. The standard InChI is InChI=1S/C16H24O/c17-6-2-1-3-10-7-13-9-14(10)16-12-5-4-11(8-12)15(13)16/h4-5,10-17H,1-3,6-9H2. The Morgan fingerprint density at radius 2 is 1.76 bits per heavy atom. The van der Waals surface area contributed by atoms with Gasteiger partial charge in [-0.25, -0.2) is 0 Å². The van der Waals surface area contributed by atoms with Crippen molar-refractivity contribution in [3.63, 3.8) is 0 Å². The highest BCUT2D eigenvalue weighted by Crippen LogP contribution is 2.67. The van der Waals surface area contributed by atoms with E-state index in [9.17, 15) is 0 Å². The molecule has 17 heavy (non-hydrogen) atoms. The SMILES string of the molecule is OCCCCC1CC2CC1C1C3C=CC(C3)C21. The van der Waals surface area contributed by atoms with E-state index < -0.39 is 0 Å². The van der Waals surface area contributed by atoms with Crippen LogP contribution < -0.4 is 0 Å². The molecule has 0 spiro atoms. The van der Waals surface area contributed by atoms with Crippen molar-refractivity contribution in [3.8, 4) is 0 Å². The van der Waals surface area contributed by atoms with Crippen LogP contribution in [0.1, 0.15) is 38.5 Å². The van der Waals surface area contributed by atoms with Crippen molar-refractivity contribution < 1.29 is 5.11 Å². The molecule has 0 aromatic carbocycles. The molecule has 4 bridgehead atoms. The number of hydrogen-bond donors (Lipinski definition) is 1. The highest BCUT2D eigenvalue weighted by molar-refractivity contribution is 5.20. The monoisotopic (exact) mass is 232 g/mol. The quantitative estimate of drug-likeness (QED) is 0.448. The first kappa shape index (κ1) is 10.6. The van der Waals surface area contributed by atoms with Gasteiger partial charge in [-0.2, -0.15) is 0 Å². The molecule has 0 aliphatic heterocycles. The molecule has 0 radical (unpaired) electrons. The van der Waals surface area contributed by atoms with E-state index in [1.807, 2.05) is 0 Å². The predicted molar refractivity (Wildman–Crippen MR) is 68.4 cm³/mol. The van der Waals surface area contributed by atoms with Gasteiger partial charge in [-0.1, -0.05) is 25.0 Å². The van der Waals surface area contributed by atoms with Crippen molar-refractivity contribution >= 4 is 0 Å². The molecule has 4 rings (SSSR count). The second-order valence-corrected chi connectivity index (χ2v) is 6.98. The summed E-state index contributed by atoms with van der Waals surface area (Å²) in [6.45, 7) is 0.389. The molecule has 0 aromatic rings. The first-order valence-corrected chi connectivity index (χ1v) is 7.67.